The molecule has 1 N–H and O–H groups in total. The topological polar surface area (TPSA) is 90.4 Å². The fraction of sp³-hybridized carbons (Fsp3) is 0.258. The van der Waals surface area contributed by atoms with Crippen LogP contribution in [-0.2, 0) is 5.60 Å². The van der Waals surface area contributed by atoms with Gasteiger partial charge in [0.1, 0.15) is 11.6 Å². The number of benzene rings is 3. The van der Waals surface area contributed by atoms with Crippen molar-refractivity contribution in [3.05, 3.63) is 98.9 Å². The van der Waals surface area contributed by atoms with Gasteiger partial charge in [-0.2, -0.15) is 0 Å². The van der Waals surface area contributed by atoms with Crippen LogP contribution in [0.15, 0.2) is 63.9 Å². The van der Waals surface area contributed by atoms with Crippen molar-refractivity contribution in [3.8, 4) is 28.6 Å². The van der Waals surface area contributed by atoms with E-state index in [4.69, 9.17) is 9.15 Å². The first-order valence-corrected chi connectivity index (χ1v) is 12.2. The lowest BCUT2D eigenvalue weighted by atomic mass is 9.97. The molecule has 0 fully saturated rings. The molecule has 8 heteroatoms. The zero-order valence-electron chi connectivity index (χ0n) is 22.1. The summed E-state index contributed by atoms with van der Waals surface area (Å²) in [5, 5.41) is 19.2. The van der Waals surface area contributed by atoms with E-state index in [0.29, 0.717) is 67.7 Å². The van der Waals surface area contributed by atoms with E-state index in [9.17, 15) is 14.3 Å². The smallest absolute Gasteiger partial charge is 0.247 e. The van der Waals surface area contributed by atoms with Crippen LogP contribution in [0.4, 0.5) is 4.39 Å². The van der Waals surface area contributed by atoms with Crippen molar-refractivity contribution in [1.82, 2.24) is 14.8 Å². The van der Waals surface area contributed by atoms with E-state index in [1.165, 1.54) is 12.1 Å². The summed E-state index contributed by atoms with van der Waals surface area (Å²) < 4.78 is 27.8. The number of aryl methyl sites for hydroxylation is 4. The van der Waals surface area contributed by atoms with E-state index in [1.807, 2.05) is 22.8 Å². The minimum atomic E-state index is -1.12. The largest absolute Gasteiger partial charge is 0.455 e. The van der Waals surface area contributed by atoms with Crippen LogP contribution >= 0.6 is 0 Å². The van der Waals surface area contributed by atoms with Crippen molar-refractivity contribution < 1.29 is 18.7 Å². The van der Waals surface area contributed by atoms with Crippen molar-refractivity contribution in [2.75, 3.05) is 0 Å². The van der Waals surface area contributed by atoms with Crippen LogP contribution in [0.3, 0.4) is 0 Å². The molecular weight excluding hydrogens is 497 g/mol. The maximum absolute atomic E-state index is 14.0. The molecule has 3 aromatic carbocycles. The van der Waals surface area contributed by atoms with Crippen LogP contribution in [0.5, 0.6) is 11.5 Å². The van der Waals surface area contributed by atoms with Crippen LogP contribution < -0.4 is 10.2 Å². The van der Waals surface area contributed by atoms with Crippen LogP contribution in [0, 0.1) is 33.5 Å². The van der Waals surface area contributed by atoms with Crippen LogP contribution in [0.1, 0.15) is 49.4 Å². The maximum atomic E-state index is 14.0. The molecule has 0 saturated carbocycles. The third kappa shape index (κ3) is 5.20. The molecule has 7 nitrogen and oxygen atoms in total. The molecular formula is C31H32FN3O4. The van der Waals surface area contributed by atoms with E-state index < -0.39 is 5.60 Å². The summed E-state index contributed by atoms with van der Waals surface area (Å²) in [6.07, 6.45) is 1.75. The first kappa shape index (κ1) is 27.7. The Balaban J connectivity index is 0.00000353. The van der Waals surface area contributed by atoms with Gasteiger partial charge in [-0.15, -0.1) is 10.2 Å². The molecule has 202 valence electrons. The summed E-state index contributed by atoms with van der Waals surface area (Å²) >= 11 is 0. The molecule has 0 aliphatic carbocycles. The molecule has 2 aromatic heterocycles. The Kier molecular flexibility index (Phi) is 7.19. The lowest BCUT2D eigenvalue weighted by Crippen LogP contribution is -2.17. The summed E-state index contributed by atoms with van der Waals surface area (Å²) in [4.78, 5) is 13.2. The van der Waals surface area contributed by atoms with Gasteiger partial charge in [-0.1, -0.05) is 13.5 Å². The molecule has 0 bridgehead atoms. The van der Waals surface area contributed by atoms with E-state index in [0.717, 1.165) is 0 Å². The number of fused-ring (bicyclic) bond motifs is 1. The highest BCUT2D eigenvalue weighted by Crippen LogP contribution is 2.37. The Bertz CT molecular complexity index is 1740. The van der Waals surface area contributed by atoms with Gasteiger partial charge in [0.2, 0.25) is 11.8 Å². The molecule has 0 saturated heterocycles. The fourth-order valence-corrected chi connectivity index (χ4v) is 4.55. The van der Waals surface area contributed by atoms with Crippen molar-refractivity contribution >= 4 is 10.9 Å². The van der Waals surface area contributed by atoms with Gasteiger partial charge in [-0.25, -0.2) is 4.39 Å². The molecule has 5 rings (SSSR count). The molecule has 0 unspecified atom stereocenters. The molecule has 5 aromatic rings. The lowest BCUT2D eigenvalue weighted by Gasteiger charge is -2.23. The third-order valence-corrected chi connectivity index (χ3v) is 6.52. The van der Waals surface area contributed by atoms with Gasteiger partial charge in [0, 0.05) is 29.6 Å². The van der Waals surface area contributed by atoms with E-state index in [1.54, 1.807) is 65.9 Å². The third-order valence-electron chi connectivity index (χ3n) is 6.52. The van der Waals surface area contributed by atoms with Gasteiger partial charge in [-0.05, 0) is 93.8 Å². The molecule has 0 aliphatic rings. The Hall–Kier alpha value is -4.30. The minimum absolute atomic E-state index is 0. The van der Waals surface area contributed by atoms with Gasteiger partial charge in [0.25, 0.3) is 0 Å². The molecule has 0 aliphatic heterocycles. The SMILES string of the molecule is C.Cc1nnc(-c2ccc3c(c2)c(=O)c(C)cn3-c2cc(C(C)(C)O)ccc2Oc2c(C)cc(F)cc2C)o1. The normalized spacial score (nSPS) is 11.5. The standard InChI is InChI=1S/C30H28FN3O4.CH4/c1-16-11-22(31)12-17(2)28(16)38-26-10-8-21(30(5,6)36)14-25(26)34-15-18(3)27(35)23-13-20(7-9-24(23)34)29-33-32-19(4)37-29;/h7-15,36H,1-6H3;1H4. The number of pyridine rings is 1. The second-order valence-electron chi connectivity index (χ2n) is 10.1. The molecule has 0 spiro atoms. The summed E-state index contributed by atoms with van der Waals surface area (Å²) in [5.41, 5.74) is 3.11. The average Bonchev–Trinajstić information content (AvgIpc) is 3.29. The Morgan fingerprint density at radius 1 is 0.949 bits per heavy atom. The number of rotatable bonds is 5. The average molecular weight is 530 g/mol. The van der Waals surface area contributed by atoms with E-state index in [2.05, 4.69) is 10.2 Å². The van der Waals surface area contributed by atoms with Crippen molar-refractivity contribution in [3.63, 3.8) is 0 Å². The Morgan fingerprint density at radius 2 is 1.64 bits per heavy atom. The number of hydrogen-bond acceptors (Lipinski definition) is 6. The number of ether oxygens (including phenoxy) is 1. The first-order chi connectivity index (χ1) is 17.9. The monoisotopic (exact) mass is 529 g/mol. The zero-order chi connectivity index (χ0) is 27.4. The summed E-state index contributed by atoms with van der Waals surface area (Å²) in [6, 6.07) is 13.6. The zero-order valence-corrected chi connectivity index (χ0v) is 22.1. The molecule has 0 amide bonds. The summed E-state index contributed by atoms with van der Waals surface area (Å²) in [7, 11) is 0. The number of aromatic nitrogens is 3. The number of aliphatic hydroxyl groups is 1. The lowest BCUT2D eigenvalue weighted by molar-refractivity contribution is 0.0785. The minimum Gasteiger partial charge on any atom is -0.455 e. The molecule has 39 heavy (non-hydrogen) atoms. The number of nitrogens with zero attached hydrogens (tertiary/aromatic N) is 3. The van der Waals surface area contributed by atoms with Crippen molar-refractivity contribution in [2.45, 2.75) is 54.6 Å². The summed E-state index contributed by atoms with van der Waals surface area (Å²) in [5.74, 6) is 1.45. The quantitative estimate of drug-likeness (QED) is 0.262. The highest BCUT2D eigenvalue weighted by Gasteiger charge is 2.21. The second kappa shape index (κ2) is 10.1. The van der Waals surface area contributed by atoms with Crippen molar-refractivity contribution in [2.24, 2.45) is 0 Å². The predicted octanol–water partition coefficient (Wildman–Crippen LogP) is 7.07. The van der Waals surface area contributed by atoms with Gasteiger partial charge in [0.15, 0.2) is 11.2 Å². The van der Waals surface area contributed by atoms with Gasteiger partial charge < -0.3 is 18.8 Å². The van der Waals surface area contributed by atoms with Crippen LogP contribution in [-0.4, -0.2) is 19.9 Å². The highest BCUT2D eigenvalue weighted by molar-refractivity contribution is 5.85. The van der Waals surface area contributed by atoms with Gasteiger partial charge in [0.05, 0.1) is 16.8 Å². The summed E-state index contributed by atoms with van der Waals surface area (Å²) in [6.45, 7) is 10.4. The predicted molar refractivity (Wildman–Crippen MR) is 150 cm³/mol. The molecule has 0 atom stereocenters. The maximum Gasteiger partial charge on any atom is 0.247 e. The van der Waals surface area contributed by atoms with Crippen LogP contribution in [0.25, 0.3) is 28.0 Å². The molecule has 0 radical (unpaired) electrons. The van der Waals surface area contributed by atoms with Crippen molar-refractivity contribution in [1.29, 1.82) is 0 Å². The van der Waals surface area contributed by atoms with Gasteiger partial charge in [-0.3, -0.25) is 4.79 Å². The Morgan fingerprint density at radius 3 is 2.26 bits per heavy atom. The van der Waals surface area contributed by atoms with E-state index in [-0.39, 0.29) is 18.7 Å². The molecule has 2 heterocycles. The first-order valence-electron chi connectivity index (χ1n) is 12.2. The second-order valence-corrected chi connectivity index (χ2v) is 10.1. The Labute approximate surface area is 226 Å². The fourth-order valence-electron chi connectivity index (χ4n) is 4.55. The van der Waals surface area contributed by atoms with Gasteiger partial charge >= 0.3 is 0 Å². The van der Waals surface area contributed by atoms with E-state index >= 15 is 0 Å². The highest BCUT2D eigenvalue weighted by atomic mass is 19.1. The number of hydrogen-bond donors (Lipinski definition) is 1. The number of halogens is 1. The van der Waals surface area contributed by atoms with Crippen LogP contribution in [0.2, 0.25) is 0 Å².